The van der Waals surface area contributed by atoms with E-state index in [0.717, 1.165) is 5.56 Å². The first-order valence-electron chi connectivity index (χ1n) is 6.48. The van der Waals surface area contributed by atoms with Crippen LogP contribution < -0.4 is 0 Å². The second-order valence-corrected chi connectivity index (χ2v) is 6.31. The number of benzene rings is 1. The number of hydrogen-bond acceptors (Lipinski definition) is 2. The molecule has 18 heavy (non-hydrogen) atoms. The molecule has 0 spiro atoms. The van der Waals surface area contributed by atoms with E-state index < -0.39 is 11.7 Å². The van der Waals surface area contributed by atoms with E-state index in [9.17, 15) is 10.2 Å². The molecular formula is C16H22O2. The van der Waals surface area contributed by atoms with Gasteiger partial charge in [-0.3, -0.25) is 0 Å². The van der Waals surface area contributed by atoms with Crippen LogP contribution >= 0.6 is 0 Å². The van der Waals surface area contributed by atoms with Crippen LogP contribution in [0, 0.1) is 11.3 Å². The van der Waals surface area contributed by atoms with Crippen molar-refractivity contribution >= 4 is 0 Å². The lowest BCUT2D eigenvalue weighted by atomic mass is 9.69. The number of aliphatic hydroxyl groups excluding tert-OH is 1. The van der Waals surface area contributed by atoms with Crippen LogP contribution in [0.15, 0.2) is 42.5 Å². The minimum absolute atomic E-state index is 0.00787. The summed E-state index contributed by atoms with van der Waals surface area (Å²) in [6, 6.07) is 9.53. The Hall–Kier alpha value is -1.12. The van der Waals surface area contributed by atoms with Crippen LogP contribution in [-0.2, 0) is 5.60 Å². The van der Waals surface area contributed by atoms with Crippen LogP contribution in [0.5, 0.6) is 0 Å². The molecule has 0 unspecified atom stereocenters. The van der Waals surface area contributed by atoms with Crippen molar-refractivity contribution in [3.63, 3.8) is 0 Å². The third kappa shape index (κ3) is 2.50. The highest BCUT2D eigenvalue weighted by Gasteiger charge is 2.40. The first-order valence-corrected chi connectivity index (χ1v) is 6.48. The fourth-order valence-electron chi connectivity index (χ4n) is 2.71. The molecule has 0 saturated carbocycles. The Bertz CT molecular complexity index is 430. The van der Waals surface area contributed by atoms with E-state index in [1.807, 2.05) is 42.5 Å². The van der Waals surface area contributed by atoms with Crippen LogP contribution in [0.3, 0.4) is 0 Å². The summed E-state index contributed by atoms with van der Waals surface area (Å²) in [5.41, 5.74) is -0.191. The fourth-order valence-corrected chi connectivity index (χ4v) is 2.71. The van der Waals surface area contributed by atoms with Crippen molar-refractivity contribution in [3.05, 3.63) is 48.0 Å². The van der Waals surface area contributed by atoms with Crippen LogP contribution in [0.1, 0.15) is 32.8 Å². The molecule has 0 heterocycles. The molecule has 2 nitrogen and oxygen atoms in total. The van der Waals surface area contributed by atoms with Crippen molar-refractivity contribution in [2.45, 2.75) is 38.9 Å². The zero-order valence-corrected chi connectivity index (χ0v) is 11.3. The fraction of sp³-hybridized carbons (Fsp3) is 0.500. The van der Waals surface area contributed by atoms with Crippen molar-refractivity contribution in [2.75, 3.05) is 0 Å². The van der Waals surface area contributed by atoms with Gasteiger partial charge in [0.2, 0.25) is 0 Å². The summed E-state index contributed by atoms with van der Waals surface area (Å²) in [6.45, 7) is 6.33. The largest absolute Gasteiger partial charge is 0.392 e. The molecule has 0 saturated heterocycles. The van der Waals surface area contributed by atoms with Gasteiger partial charge in [-0.1, -0.05) is 63.3 Å². The molecule has 0 bridgehead atoms. The SMILES string of the molecule is CC(C)(C)[C@H]1C=C[C@@](O)(c2ccccc2)C[C@H]1O. The third-order valence-corrected chi connectivity index (χ3v) is 3.79. The normalized spacial score (nSPS) is 32.5. The average molecular weight is 246 g/mol. The Morgan fingerprint density at radius 3 is 2.28 bits per heavy atom. The van der Waals surface area contributed by atoms with Crippen molar-refractivity contribution < 1.29 is 10.2 Å². The minimum atomic E-state index is -1.04. The summed E-state index contributed by atoms with van der Waals surface area (Å²) < 4.78 is 0. The Labute approximate surface area is 109 Å². The molecule has 0 aliphatic heterocycles. The standard InChI is InChI=1S/C16H22O2/c1-15(2,3)13-9-10-16(18,11-14(13)17)12-7-5-4-6-8-12/h4-10,13-14,17-18H,11H2,1-3H3/t13-,14+,16-/m0/s1. The Balaban J connectivity index is 2.30. The molecule has 0 radical (unpaired) electrons. The summed E-state index contributed by atoms with van der Waals surface area (Å²) in [4.78, 5) is 0. The lowest BCUT2D eigenvalue weighted by molar-refractivity contribution is -0.0252. The van der Waals surface area contributed by atoms with Gasteiger partial charge in [0, 0.05) is 12.3 Å². The number of aliphatic hydroxyl groups is 2. The summed E-state index contributed by atoms with van der Waals surface area (Å²) in [5.74, 6) is 0.0847. The number of rotatable bonds is 1. The lowest BCUT2D eigenvalue weighted by Gasteiger charge is -2.40. The van der Waals surface area contributed by atoms with Gasteiger partial charge in [-0.15, -0.1) is 0 Å². The molecule has 2 heteroatoms. The molecule has 0 amide bonds. The molecule has 0 aromatic heterocycles. The smallest absolute Gasteiger partial charge is 0.110 e. The third-order valence-electron chi connectivity index (χ3n) is 3.79. The molecule has 2 N–H and O–H groups in total. The first-order chi connectivity index (χ1) is 8.33. The molecular weight excluding hydrogens is 224 g/mol. The maximum atomic E-state index is 10.6. The van der Waals surface area contributed by atoms with Crippen LogP contribution in [0.2, 0.25) is 0 Å². The molecule has 1 aromatic rings. The second kappa shape index (κ2) is 4.52. The van der Waals surface area contributed by atoms with Gasteiger partial charge >= 0.3 is 0 Å². The van der Waals surface area contributed by atoms with Gasteiger partial charge in [-0.05, 0) is 11.0 Å². The quantitative estimate of drug-likeness (QED) is 0.748. The van der Waals surface area contributed by atoms with Gasteiger partial charge in [-0.2, -0.15) is 0 Å². The number of hydrogen-bond donors (Lipinski definition) is 2. The van der Waals surface area contributed by atoms with Gasteiger partial charge < -0.3 is 10.2 Å². The molecule has 1 aliphatic carbocycles. The van der Waals surface area contributed by atoms with E-state index in [-0.39, 0.29) is 11.3 Å². The van der Waals surface area contributed by atoms with Crippen LogP contribution in [0.25, 0.3) is 0 Å². The van der Waals surface area contributed by atoms with Crippen molar-refractivity contribution in [3.8, 4) is 0 Å². The summed E-state index contributed by atoms with van der Waals surface area (Å²) in [5, 5.41) is 20.9. The summed E-state index contributed by atoms with van der Waals surface area (Å²) in [6.07, 6.45) is 3.64. The zero-order valence-electron chi connectivity index (χ0n) is 11.3. The van der Waals surface area contributed by atoms with E-state index in [2.05, 4.69) is 20.8 Å². The first kappa shape index (κ1) is 13.3. The van der Waals surface area contributed by atoms with E-state index in [1.165, 1.54) is 0 Å². The Morgan fingerprint density at radius 2 is 1.78 bits per heavy atom. The minimum Gasteiger partial charge on any atom is -0.392 e. The van der Waals surface area contributed by atoms with Gasteiger partial charge in [0.25, 0.3) is 0 Å². The van der Waals surface area contributed by atoms with Gasteiger partial charge in [0.05, 0.1) is 6.10 Å². The van der Waals surface area contributed by atoms with Crippen LogP contribution in [0.4, 0.5) is 0 Å². The van der Waals surface area contributed by atoms with Gasteiger partial charge in [-0.25, -0.2) is 0 Å². The average Bonchev–Trinajstić information content (AvgIpc) is 2.28. The molecule has 0 fully saturated rings. The van der Waals surface area contributed by atoms with Crippen molar-refractivity contribution in [2.24, 2.45) is 11.3 Å². The van der Waals surface area contributed by atoms with Crippen molar-refractivity contribution in [1.82, 2.24) is 0 Å². The van der Waals surface area contributed by atoms with E-state index in [1.54, 1.807) is 0 Å². The predicted octanol–water partition coefficient (Wildman–Crippen LogP) is 2.86. The van der Waals surface area contributed by atoms with Crippen LogP contribution in [-0.4, -0.2) is 16.3 Å². The summed E-state index contributed by atoms with van der Waals surface area (Å²) in [7, 11) is 0. The highest BCUT2D eigenvalue weighted by molar-refractivity contribution is 5.30. The summed E-state index contributed by atoms with van der Waals surface area (Å²) >= 11 is 0. The monoisotopic (exact) mass is 246 g/mol. The maximum Gasteiger partial charge on any atom is 0.110 e. The second-order valence-electron chi connectivity index (χ2n) is 6.31. The van der Waals surface area contributed by atoms with Crippen molar-refractivity contribution in [1.29, 1.82) is 0 Å². The van der Waals surface area contributed by atoms with E-state index in [0.29, 0.717) is 6.42 Å². The highest BCUT2D eigenvalue weighted by Crippen LogP contribution is 2.41. The highest BCUT2D eigenvalue weighted by atomic mass is 16.3. The Kier molecular flexibility index (Phi) is 3.35. The predicted molar refractivity (Wildman–Crippen MR) is 73.0 cm³/mol. The Morgan fingerprint density at radius 1 is 1.17 bits per heavy atom. The van der Waals surface area contributed by atoms with Gasteiger partial charge in [0.15, 0.2) is 0 Å². The molecule has 1 aliphatic rings. The van der Waals surface area contributed by atoms with E-state index in [4.69, 9.17) is 0 Å². The molecule has 2 rings (SSSR count). The lowest BCUT2D eigenvalue weighted by Crippen LogP contribution is -2.41. The molecule has 1 aromatic carbocycles. The molecule has 98 valence electrons. The van der Waals surface area contributed by atoms with E-state index >= 15 is 0 Å². The maximum absolute atomic E-state index is 10.6. The zero-order chi connectivity index (χ0) is 13.4. The topological polar surface area (TPSA) is 40.5 Å². The molecule has 3 atom stereocenters. The van der Waals surface area contributed by atoms with Gasteiger partial charge in [0.1, 0.15) is 5.60 Å².